The van der Waals surface area contributed by atoms with Crippen molar-refractivity contribution in [3.63, 3.8) is 0 Å². The highest BCUT2D eigenvalue weighted by atomic mass is 16.3. The average Bonchev–Trinajstić information content (AvgIpc) is 3.21. The first-order valence-electron chi connectivity index (χ1n) is 7.45. The fraction of sp³-hybridized carbons (Fsp3) is 0.588. The van der Waals surface area contributed by atoms with Crippen LogP contribution in [0.2, 0.25) is 0 Å². The van der Waals surface area contributed by atoms with Crippen molar-refractivity contribution < 1.29 is 9.90 Å². The first-order valence-corrected chi connectivity index (χ1v) is 7.45. The van der Waals surface area contributed by atoms with Gasteiger partial charge in [-0.15, -0.1) is 0 Å². The molecule has 3 heteroatoms. The third kappa shape index (κ3) is 4.07. The van der Waals surface area contributed by atoms with E-state index in [0.717, 1.165) is 19.3 Å². The highest BCUT2D eigenvalue weighted by Crippen LogP contribution is 2.32. The minimum absolute atomic E-state index is 0.115. The quantitative estimate of drug-likeness (QED) is 0.866. The second-order valence-electron chi connectivity index (χ2n) is 6.11. The van der Waals surface area contributed by atoms with Crippen LogP contribution in [0, 0.1) is 19.8 Å². The van der Waals surface area contributed by atoms with Gasteiger partial charge in [-0.2, -0.15) is 0 Å². The van der Waals surface area contributed by atoms with E-state index in [4.69, 9.17) is 0 Å². The van der Waals surface area contributed by atoms with Crippen molar-refractivity contribution in [1.29, 1.82) is 0 Å². The molecule has 1 fully saturated rings. The van der Waals surface area contributed by atoms with E-state index < -0.39 is 0 Å². The normalized spacial score (nSPS) is 16.0. The van der Waals surface area contributed by atoms with Gasteiger partial charge < -0.3 is 10.0 Å². The predicted molar refractivity (Wildman–Crippen MR) is 80.6 cm³/mol. The second-order valence-corrected chi connectivity index (χ2v) is 6.11. The maximum Gasteiger partial charge on any atom is 0.222 e. The SMILES string of the molecule is Cc1ccc(CCC(=O)N(C)CC(O)C2CC2)c(C)c1. The molecule has 0 aliphatic heterocycles. The molecule has 0 spiro atoms. The number of hydrogen-bond donors (Lipinski definition) is 1. The van der Waals surface area contributed by atoms with Crippen LogP contribution in [0.1, 0.15) is 36.0 Å². The Balaban J connectivity index is 1.81. The van der Waals surface area contributed by atoms with Gasteiger partial charge in [0.2, 0.25) is 5.91 Å². The lowest BCUT2D eigenvalue weighted by atomic mass is 10.0. The maximum atomic E-state index is 12.1. The number of nitrogens with zero attached hydrogens (tertiary/aromatic N) is 1. The number of likely N-dealkylation sites (N-methyl/N-ethyl adjacent to an activating group) is 1. The van der Waals surface area contributed by atoms with Gasteiger partial charge in [-0.05, 0) is 50.2 Å². The molecule has 1 amide bonds. The van der Waals surface area contributed by atoms with Gasteiger partial charge >= 0.3 is 0 Å². The summed E-state index contributed by atoms with van der Waals surface area (Å²) in [7, 11) is 1.79. The molecular formula is C17H25NO2. The summed E-state index contributed by atoms with van der Waals surface area (Å²) in [4.78, 5) is 13.8. The summed E-state index contributed by atoms with van der Waals surface area (Å²) >= 11 is 0. The largest absolute Gasteiger partial charge is 0.391 e. The van der Waals surface area contributed by atoms with Crippen molar-refractivity contribution in [2.24, 2.45) is 5.92 Å². The van der Waals surface area contributed by atoms with Crippen molar-refractivity contribution in [3.05, 3.63) is 34.9 Å². The summed E-state index contributed by atoms with van der Waals surface area (Å²) in [5, 5.41) is 9.87. The highest BCUT2D eigenvalue weighted by molar-refractivity contribution is 5.76. The van der Waals surface area contributed by atoms with Crippen molar-refractivity contribution in [1.82, 2.24) is 4.90 Å². The zero-order chi connectivity index (χ0) is 14.7. The topological polar surface area (TPSA) is 40.5 Å². The van der Waals surface area contributed by atoms with Crippen LogP contribution >= 0.6 is 0 Å². The Morgan fingerprint density at radius 2 is 2.10 bits per heavy atom. The molecule has 110 valence electrons. The zero-order valence-corrected chi connectivity index (χ0v) is 12.7. The van der Waals surface area contributed by atoms with E-state index in [2.05, 4.69) is 32.0 Å². The molecular weight excluding hydrogens is 250 g/mol. The Kier molecular flexibility index (Phi) is 4.81. The number of benzene rings is 1. The molecule has 0 bridgehead atoms. The van der Waals surface area contributed by atoms with E-state index in [1.165, 1.54) is 16.7 Å². The van der Waals surface area contributed by atoms with E-state index in [0.29, 0.717) is 18.9 Å². The number of aliphatic hydroxyl groups is 1. The standard InChI is InChI=1S/C17H25NO2/c1-12-4-5-14(13(2)10-12)8-9-17(20)18(3)11-16(19)15-6-7-15/h4-5,10,15-16,19H,6-9,11H2,1-3H3. The monoisotopic (exact) mass is 275 g/mol. The van der Waals surface area contributed by atoms with E-state index >= 15 is 0 Å². The minimum Gasteiger partial charge on any atom is -0.391 e. The van der Waals surface area contributed by atoms with Crippen molar-refractivity contribution in [2.45, 2.75) is 45.6 Å². The summed E-state index contributed by atoms with van der Waals surface area (Å²) in [6.45, 7) is 4.64. The molecule has 1 aromatic carbocycles. The predicted octanol–water partition coefficient (Wildman–Crippen LogP) is 2.47. The summed E-state index contributed by atoms with van der Waals surface area (Å²) in [5.41, 5.74) is 3.74. The number of hydrogen-bond acceptors (Lipinski definition) is 2. The molecule has 1 aromatic rings. The summed E-state index contributed by atoms with van der Waals surface area (Å²) in [6, 6.07) is 6.35. The molecule has 0 radical (unpaired) electrons. The number of amides is 1. The Labute approximate surface area is 121 Å². The van der Waals surface area contributed by atoms with Crippen LogP contribution in [0.25, 0.3) is 0 Å². The summed E-state index contributed by atoms with van der Waals surface area (Å²) < 4.78 is 0. The number of carbonyl (C=O) groups excluding carboxylic acids is 1. The molecule has 0 heterocycles. The molecule has 1 saturated carbocycles. The fourth-order valence-electron chi connectivity index (χ4n) is 2.57. The number of aryl methyl sites for hydroxylation is 3. The van der Waals surface area contributed by atoms with Gasteiger partial charge in [0.25, 0.3) is 0 Å². The van der Waals surface area contributed by atoms with Crippen LogP contribution in [0.5, 0.6) is 0 Å². The van der Waals surface area contributed by atoms with E-state index in [9.17, 15) is 9.90 Å². The lowest BCUT2D eigenvalue weighted by Gasteiger charge is -2.21. The average molecular weight is 275 g/mol. The first kappa shape index (κ1) is 15.0. The van der Waals surface area contributed by atoms with E-state index in [-0.39, 0.29) is 12.0 Å². The van der Waals surface area contributed by atoms with Crippen LogP contribution in [-0.4, -0.2) is 35.6 Å². The van der Waals surface area contributed by atoms with E-state index in [1.54, 1.807) is 11.9 Å². The van der Waals surface area contributed by atoms with Crippen molar-refractivity contribution in [3.8, 4) is 0 Å². The third-order valence-electron chi connectivity index (χ3n) is 4.16. The molecule has 1 atom stereocenters. The number of rotatable bonds is 6. The molecule has 0 aromatic heterocycles. The lowest BCUT2D eigenvalue weighted by Crippen LogP contribution is -2.35. The van der Waals surface area contributed by atoms with Crippen LogP contribution < -0.4 is 0 Å². The zero-order valence-electron chi connectivity index (χ0n) is 12.7. The molecule has 2 rings (SSSR count). The smallest absolute Gasteiger partial charge is 0.222 e. The van der Waals surface area contributed by atoms with Gasteiger partial charge in [0.1, 0.15) is 0 Å². The van der Waals surface area contributed by atoms with Gasteiger partial charge in [-0.1, -0.05) is 23.8 Å². The summed E-state index contributed by atoms with van der Waals surface area (Å²) in [6.07, 6.45) is 3.15. The van der Waals surface area contributed by atoms with Gasteiger partial charge in [-0.3, -0.25) is 4.79 Å². The molecule has 1 unspecified atom stereocenters. The van der Waals surface area contributed by atoms with Crippen LogP contribution in [0.4, 0.5) is 0 Å². The Morgan fingerprint density at radius 1 is 1.40 bits per heavy atom. The molecule has 3 nitrogen and oxygen atoms in total. The van der Waals surface area contributed by atoms with Gasteiger partial charge in [0, 0.05) is 20.0 Å². The first-order chi connectivity index (χ1) is 9.47. The van der Waals surface area contributed by atoms with Gasteiger partial charge in [0.05, 0.1) is 6.10 Å². The number of aliphatic hydroxyl groups excluding tert-OH is 1. The molecule has 20 heavy (non-hydrogen) atoms. The number of carbonyl (C=O) groups is 1. The van der Waals surface area contributed by atoms with Crippen LogP contribution in [0.15, 0.2) is 18.2 Å². The Morgan fingerprint density at radius 3 is 2.70 bits per heavy atom. The Bertz CT molecular complexity index is 480. The lowest BCUT2D eigenvalue weighted by molar-refractivity contribution is -0.131. The van der Waals surface area contributed by atoms with Gasteiger partial charge in [-0.25, -0.2) is 0 Å². The summed E-state index contributed by atoms with van der Waals surface area (Å²) in [5.74, 6) is 0.536. The molecule has 1 aliphatic rings. The van der Waals surface area contributed by atoms with Crippen LogP contribution in [-0.2, 0) is 11.2 Å². The molecule has 1 aliphatic carbocycles. The molecule has 1 N–H and O–H groups in total. The fourth-order valence-corrected chi connectivity index (χ4v) is 2.57. The second kappa shape index (κ2) is 6.40. The molecule has 0 saturated heterocycles. The highest BCUT2D eigenvalue weighted by Gasteiger charge is 2.30. The minimum atomic E-state index is -0.343. The van der Waals surface area contributed by atoms with Gasteiger partial charge in [0.15, 0.2) is 0 Å². The van der Waals surface area contributed by atoms with E-state index in [1.807, 2.05) is 0 Å². The maximum absolute atomic E-state index is 12.1. The third-order valence-corrected chi connectivity index (χ3v) is 4.16. The van der Waals surface area contributed by atoms with Crippen molar-refractivity contribution >= 4 is 5.91 Å². The van der Waals surface area contributed by atoms with Crippen molar-refractivity contribution in [2.75, 3.05) is 13.6 Å². The Hall–Kier alpha value is -1.35. The van der Waals surface area contributed by atoms with Crippen LogP contribution in [0.3, 0.4) is 0 Å².